The lowest BCUT2D eigenvalue weighted by Crippen LogP contribution is -2.49. The number of carbonyl (C=O) groups excluding carboxylic acids is 2. The maximum absolute atomic E-state index is 12.6. The zero-order chi connectivity index (χ0) is 21.2. The molecule has 1 unspecified atom stereocenters. The minimum absolute atomic E-state index is 0.0104. The van der Waals surface area contributed by atoms with Gasteiger partial charge in [0.2, 0.25) is 0 Å². The number of nitrogens with one attached hydrogen (secondary N) is 1. The van der Waals surface area contributed by atoms with Crippen LogP contribution in [0.4, 0.5) is 4.79 Å². The first-order chi connectivity index (χ1) is 13.5. The number of carbonyl (C=O) groups is 2. The van der Waals surface area contributed by atoms with Crippen LogP contribution in [0.2, 0.25) is 0 Å². The molecule has 0 radical (unpaired) electrons. The van der Waals surface area contributed by atoms with Gasteiger partial charge in [-0.1, -0.05) is 54.6 Å². The molecule has 1 amide bonds. The second-order valence-electron chi connectivity index (χ2n) is 9.30. The first-order valence-corrected chi connectivity index (χ1v) is 10.0. The minimum Gasteiger partial charge on any atom is -0.443 e. The van der Waals surface area contributed by atoms with E-state index in [0.29, 0.717) is 17.5 Å². The summed E-state index contributed by atoms with van der Waals surface area (Å²) in [6.45, 7) is 9.74. The Morgan fingerprint density at radius 3 is 2.21 bits per heavy atom. The lowest BCUT2D eigenvalue weighted by Gasteiger charge is -2.29. The predicted molar refractivity (Wildman–Crippen MR) is 114 cm³/mol. The summed E-state index contributed by atoms with van der Waals surface area (Å²) in [4.78, 5) is 25.2. The molecule has 0 bridgehead atoms. The van der Waals surface area contributed by atoms with Crippen LogP contribution >= 0.6 is 0 Å². The van der Waals surface area contributed by atoms with Gasteiger partial charge in [0.05, 0.1) is 6.04 Å². The van der Waals surface area contributed by atoms with Gasteiger partial charge in [0, 0.05) is 16.7 Å². The van der Waals surface area contributed by atoms with E-state index in [1.54, 1.807) is 5.01 Å². The Bertz CT molecular complexity index is 867. The topological polar surface area (TPSA) is 58.6 Å². The summed E-state index contributed by atoms with van der Waals surface area (Å²) in [7, 11) is 0. The molecule has 154 valence electrons. The largest absolute Gasteiger partial charge is 0.443 e. The molecule has 0 spiro atoms. The van der Waals surface area contributed by atoms with E-state index in [4.69, 9.17) is 4.74 Å². The van der Waals surface area contributed by atoms with Gasteiger partial charge in [0.15, 0.2) is 5.78 Å². The fourth-order valence-corrected chi connectivity index (χ4v) is 3.63. The van der Waals surface area contributed by atoms with Crippen LogP contribution in [0.1, 0.15) is 62.5 Å². The molecule has 0 aliphatic carbocycles. The summed E-state index contributed by atoms with van der Waals surface area (Å²) in [5, 5.41) is 1.62. The third-order valence-corrected chi connectivity index (χ3v) is 4.85. The van der Waals surface area contributed by atoms with E-state index in [9.17, 15) is 9.59 Å². The first-order valence-electron chi connectivity index (χ1n) is 10.0. The molecule has 1 aliphatic rings. The van der Waals surface area contributed by atoms with Gasteiger partial charge in [0.1, 0.15) is 5.60 Å². The number of hydrogen-bond donors (Lipinski definition) is 1. The van der Waals surface area contributed by atoms with Crippen molar-refractivity contribution in [2.45, 2.75) is 64.6 Å². The summed E-state index contributed by atoms with van der Waals surface area (Å²) in [6.07, 6.45) is 1.15. The fourth-order valence-electron chi connectivity index (χ4n) is 3.63. The van der Waals surface area contributed by atoms with E-state index in [-0.39, 0.29) is 23.5 Å². The molecule has 2 aromatic rings. The van der Waals surface area contributed by atoms with Gasteiger partial charge in [0.25, 0.3) is 0 Å². The van der Waals surface area contributed by atoms with Crippen molar-refractivity contribution in [2.75, 3.05) is 0 Å². The van der Waals surface area contributed by atoms with Gasteiger partial charge in [-0.15, -0.1) is 0 Å². The van der Waals surface area contributed by atoms with Gasteiger partial charge in [-0.3, -0.25) is 4.79 Å². The van der Waals surface area contributed by atoms with Crippen LogP contribution in [0.3, 0.4) is 0 Å². The van der Waals surface area contributed by atoms with Crippen molar-refractivity contribution in [3.8, 4) is 0 Å². The number of benzene rings is 2. The van der Waals surface area contributed by atoms with Crippen molar-refractivity contribution in [3.63, 3.8) is 0 Å². The Morgan fingerprint density at radius 1 is 1.03 bits per heavy atom. The summed E-state index contributed by atoms with van der Waals surface area (Å²) >= 11 is 0. The Morgan fingerprint density at radius 2 is 1.62 bits per heavy atom. The zero-order valence-electron chi connectivity index (χ0n) is 17.9. The van der Waals surface area contributed by atoms with E-state index in [0.717, 1.165) is 12.0 Å². The Balaban J connectivity index is 1.72. The quantitative estimate of drug-likeness (QED) is 0.760. The van der Waals surface area contributed by atoms with Crippen molar-refractivity contribution in [3.05, 3.63) is 71.3 Å². The molecule has 3 rings (SSSR count). The molecule has 1 fully saturated rings. The van der Waals surface area contributed by atoms with E-state index < -0.39 is 5.60 Å². The van der Waals surface area contributed by atoms with Crippen molar-refractivity contribution in [1.82, 2.24) is 10.4 Å². The third-order valence-electron chi connectivity index (χ3n) is 4.85. The molecule has 1 aliphatic heterocycles. The number of ketones is 1. The fraction of sp³-hybridized carbons (Fsp3) is 0.417. The molecule has 5 heteroatoms. The summed E-state index contributed by atoms with van der Waals surface area (Å²) < 4.78 is 5.56. The lowest BCUT2D eigenvalue weighted by atomic mass is 9.94. The Labute approximate surface area is 173 Å². The molecule has 1 heterocycles. The van der Waals surface area contributed by atoms with Gasteiger partial charge >= 0.3 is 6.09 Å². The van der Waals surface area contributed by atoms with Crippen LogP contribution in [-0.4, -0.2) is 34.1 Å². The van der Waals surface area contributed by atoms with E-state index in [1.165, 1.54) is 0 Å². The summed E-state index contributed by atoms with van der Waals surface area (Å²) in [6, 6.07) is 16.9. The number of amides is 1. The Kier molecular flexibility index (Phi) is 5.80. The Hall–Kier alpha value is -2.66. The minimum atomic E-state index is -0.546. The van der Waals surface area contributed by atoms with Crippen molar-refractivity contribution in [1.29, 1.82) is 0 Å². The molecule has 0 aromatic heterocycles. The molecule has 1 N–H and O–H groups in total. The van der Waals surface area contributed by atoms with E-state index >= 15 is 0 Å². The number of nitrogens with zero attached hydrogens (tertiary/aromatic N) is 1. The summed E-state index contributed by atoms with van der Waals surface area (Å²) in [5.74, 6) is 0.0104. The SMILES string of the molecule is CC1(C)CC(Cc2ccc(C(=O)c3ccccc3)cc2)N(C(=O)OC(C)(C)C)N1. The highest BCUT2D eigenvalue weighted by Gasteiger charge is 2.41. The van der Waals surface area contributed by atoms with Crippen LogP contribution < -0.4 is 5.43 Å². The van der Waals surface area contributed by atoms with Crippen molar-refractivity contribution >= 4 is 11.9 Å². The van der Waals surface area contributed by atoms with Crippen LogP contribution in [0.5, 0.6) is 0 Å². The van der Waals surface area contributed by atoms with Gasteiger partial charge < -0.3 is 4.74 Å². The van der Waals surface area contributed by atoms with Gasteiger partial charge in [-0.05, 0) is 53.0 Å². The number of hydrogen-bond acceptors (Lipinski definition) is 4. The monoisotopic (exact) mass is 394 g/mol. The average Bonchev–Trinajstić information content (AvgIpc) is 2.95. The maximum Gasteiger partial charge on any atom is 0.425 e. The highest BCUT2D eigenvalue weighted by molar-refractivity contribution is 6.08. The summed E-state index contributed by atoms with van der Waals surface area (Å²) in [5.41, 5.74) is 4.96. The number of ether oxygens (including phenoxy) is 1. The van der Waals surface area contributed by atoms with Crippen LogP contribution in [0, 0.1) is 0 Å². The average molecular weight is 395 g/mol. The maximum atomic E-state index is 12.6. The first kappa shape index (κ1) is 21.1. The molecule has 0 saturated carbocycles. The lowest BCUT2D eigenvalue weighted by molar-refractivity contribution is 0.00971. The molecule has 29 heavy (non-hydrogen) atoms. The van der Waals surface area contributed by atoms with Crippen molar-refractivity contribution < 1.29 is 14.3 Å². The molecule has 1 saturated heterocycles. The predicted octanol–water partition coefficient (Wildman–Crippen LogP) is 4.75. The molecular formula is C24H30N2O3. The smallest absolute Gasteiger partial charge is 0.425 e. The molecule has 5 nitrogen and oxygen atoms in total. The van der Waals surface area contributed by atoms with E-state index in [2.05, 4.69) is 19.3 Å². The van der Waals surface area contributed by atoms with Gasteiger partial charge in [-0.2, -0.15) is 0 Å². The highest BCUT2D eigenvalue weighted by atomic mass is 16.6. The standard InChI is InChI=1S/C24H30N2O3/c1-23(2,3)29-22(28)26-20(16-24(4,5)25-26)15-17-11-13-19(14-12-17)21(27)18-9-7-6-8-10-18/h6-14,20,25H,15-16H2,1-5H3. The second kappa shape index (κ2) is 7.99. The molecule has 2 aromatic carbocycles. The normalized spacial score (nSPS) is 18.5. The van der Waals surface area contributed by atoms with Crippen LogP contribution in [0.15, 0.2) is 54.6 Å². The van der Waals surface area contributed by atoms with Crippen LogP contribution in [0.25, 0.3) is 0 Å². The number of rotatable bonds is 4. The highest BCUT2D eigenvalue weighted by Crippen LogP contribution is 2.28. The van der Waals surface area contributed by atoms with Crippen LogP contribution in [-0.2, 0) is 11.2 Å². The van der Waals surface area contributed by atoms with E-state index in [1.807, 2.05) is 75.4 Å². The molecular weight excluding hydrogens is 364 g/mol. The van der Waals surface area contributed by atoms with Gasteiger partial charge in [-0.25, -0.2) is 15.2 Å². The van der Waals surface area contributed by atoms with Crippen molar-refractivity contribution in [2.24, 2.45) is 0 Å². The molecule has 1 atom stereocenters. The second-order valence-corrected chi connectivity index (χ2v) is 9.30. The number of hydrazine groups is 1. The zero-order valence-corrected chi connectivity index (χ0v) is 17.9. The third kappa shape index (κ3) is 5.45.